The summed E-state index contributed by atoms with van der Waals surface area (Å²) >= 11 is 0. The third kappa shape index (κ3) is 2.56. The number of pyridine rings is 1. The van der Waals surface area contributed by atoms with E-state index in [0.717, 1.165) is 49.0 Å². The van der Waals surface area contributed by atoms with Crippen LogP contribution in [0, 0.1) is 5.92 Å². The summed E-state index contributed by atoms with van der Waals surface area (Å²) < 4.78 is 7.05. The van der Waals surface area contributed by atoms with Gasteiger partial charge in [-0.05, 0) is 61.5 Å². The van der Waals surface area contributed by atoms with Crippen molar-refractivity contribution in [2.75, 3.05) is 20.2 Å². The molecule has 106 valence electrons. The number of nitrogens with zero attached hydrogens (tertiary/aromatic N) is 1. The molecule has 0 saturated carbocycles. The molecule has 4 heteroatoms. The molecule has 0 bridgehead atoms. The van der Waals surface area contributed by atoms with Crippen molar-refractivity contribution in [1.82, 2.24) is 9.88 Å². The van der Waals surface area contributed by atoms with Crippen LogP contribution in [0.5, 0.6) is 5.75 Å². The first-order valence-electron chi connectivity index (χ1n) is 7.16. The molecule has 0 amide bonds. The maximum atomic E-state index is 12.5. The largest absolute Gasteiger partial charge is 0.497 e. The Labute approximate surface area is 118 Å². The predicted octanol–water partition coefficient (Wildman–Crippen LogP) is 2.01. The Kier molecular flexibility index (Phi) is 3.74. The van der Waals surface area contributed by atoms with Gasteiger partial charge < -0.3 is 14.6 Å². The van der Waals surface area contributed by atoms with E-state index in [4.69, 9.17) is 4.74 Å². The van der Waals surface area contributed by atoms with Crippen molar-refractivity contribution >= 4 is 10.8 Å². The zero-order valence-corrected chi connectivity index (χ0v) is 11.8. The van der Waals surface area contributed by atoms with Gasteiger partial charge in [-0.25, -0.2) is 0 Å². The van der Waals surface area contributed by atoms with Crippen LogP contribution in [0.25, 0.3) is 10.8 Å². The highest BCUT2D eigenvalue weighted by Gasteiger charge is 2.14. The summed E-state index contributed by atoms with van der Waals surface area (Å²) in [5.74, 6) is 1.39. The minimum absolute atomic E-state index is 0.101. The number of benzene rings is 1. The molecule has 0 radical (unpaired) electrons. The van der Waals surface area contributed by atoms with E-state index >= 15 is 0 Å². The highest BCUT2D eigenvalue weighted by Crippen LogP contribution is 2.19. The summed E-state index contributed by atoms with van der Waals surface area (Å²) in [7, 11) is 1.64. The fraction of sp³-hybridized carbons (Fsp3) is 0.438. The number of ether oxygens (including phenoxy) is 1. The molecule has 1 aliphatic rings. The third-order valence-electron chi connectivity index (χ3n) is 4.10. The Morgan fingerprint density at radius 2 is 2.10 bits per heavy atom. The number of piperidine rings is 1. The molecule has 1 aromatic carbocycles. The molecule has 2 aromatic rings. The van der Waals surface area contributed by atoms with E-state index in [9.17, 15) is 4.79 Å². The summed E-state index contributed by atoms with van der Waals surface area (Å²) in [6.07, 6.45) is 4.20. The Hall–Kier alpha value is -1.81. The Balaban J connectivity index is 1.92. The lowest BCUT2D eigenvalue weighted by molar-refractivity contribution is 0.330. The van der Waals surface area contributed by atoms with Gasteiger partial charge in [-0.1, -0.05) is 0 Å². The molecule has 3 rings (SSSR count). The zero-order chi connectivity index (χ0) is 13.9. The number of aromatic nitrogens is 1. The van der Waals surface area contributed by atoms with Gasteiger partial charge in [0, 0.05) is 18.1 Å². The second kappa shape index (κ2) is 5.67. The molecule has 1 aliphatic heterocycles. The topological polar surface area (TPSA) is 43.3 Å². The van der Waals surface area contributed by atoms with E-state index in [1.165, 1.54) is 0 Å². The molecule has 2 heterocycles. The predicted molar refractivity (Wildman–Crippen MR) is 80.4 cm³/mol. The fourth-order valence-corrected chi connectivity index (χ4v) is 2.88. The summed E-state index contributed by atoms with van der Waals surface area (Å²) in [6.45, 7) is 2.94. The first kappa shape index (κ1) is 13.2. The quantitative estimate of drug-likeness (QED) is 0.929. The summed E-state index contributed by atoms with van der Waals surface area (Å²) in [5.41, 5.74) is 0.101. The second-order valence-electron chi connectivity index (χ2n) is 5.42. The van der Waals surface area contributed by atoms with Crippen LogP contribution in [0.2, 0.25) is 0 Å². The van der Waals surface area contributed by atoms with E-state index in [1.807, 2.05) is 35.0 Å². The monoisotopic (exact) mass is 272 g/mol. The third-order valence-corrected chi connectivity index (χ3v) is 4.10. The van der Waals surface area contributed by atoms with Crippen LogP contribution in [0.1, 0.15) is 12.8 Å². The maximum absolute atomic E-state index is 12.5. The van der Waals surface area contributed by atoms with Crippen LogP contribution in [-0.2, 0) is 6.54 Å². The highest BCUT2D eigenvalue weighted by molar-refractivity contribution is 5.82. The minimum atomic E-state index is 0.101. The van der Waals surface area contributed by atoms with E-state index in [0.29, 0.717) is 5.92 Å². The van der Waals surface area contributed by atoms with Gasteiger partial charge in [0.15, 0.2) is 0 Å². The molecule has 0 spiro atoms. The number of rotatable bonds is 3. The Bertz CT molecular complexity index is 657. The minimum Gasteiger partial charge on any atom is -0.497 e. The lowest BCUT2D eigenvalue weighted by atomic mass is 9.98. The molecule has 0 atom stereocenters. The van der Waals surface area contributed by atoms with E-state index in [2.05, 4.69) is 5.32 Å². The number of hydrogen-bond donors (Lipinski definition) is 1. The van der Waals surface area contributed by atoms with Gasteiger partial charge in [-0.3, -0.25) is 4.79 Å². The van der Waals surface area contributed by atoms with E-state index < -0.39 is 0 Å². The molecular formula is C16H20N2O2. The van der Waals surface area contributed by atoms with Gasteiger partial charge >= 0.3 is 0 Å². The lowest BCUT2D eigenvalue weighted by Gasteiger charge is -2.23. The highest BCUT2D eigenvalue weighted by atomic mass is 16.5. The van der Waals surface area contributed by atoms with Crippen LogP contribution in [0.3, 0.4) is 0 Å². The molecule has 1 fully saturated rings. The molecule has 1 saturated heterocycles. The lowest BCUT2D eigenvalue weighted by Crippen LogP contribution is -2.32. The molecule has 1 N–H and O–H groups in total. The normalized spacial score (nSPS) is 16.4. The second-order valence-corrected chi connectivity index (χ2v) is 5.42. The summed E-state index contributed by atoms with van der Waals surface area (Å²) in [5, 5.41) is 5.06. The first-order valence-corrected chi connectivity index (χ1v) is 7.16. The molecule has 0 aliphatic carbocycles. The van der Waals surface area contributed by atoms with Crippen molar-refractivity contribution in [2.45, 2.75) is 19.4 Å². The maximum Gasteiger partial charge on any atom is 0.258 e. The van der Waals surface area contributed by atoms with Gasteiger partial charge in [0.25, 0.3) is 5.56 Å². The van der Waals surface area contributed by atoms with Crippen molar-refractivity contribution in [3.63, 3.8) is 0 Å². The van der Waals surface area contributed by atoms with Crippen LogP contribution in [-0.4, -0.2) is 24.8 Å². The van der Waals surface area contributed by atoms with Crippen molar-refractivity contribution < 1.29 is 4.74 Å². The molecule has 4 nitrogen and oxygen atoms in total. The molecular weight excluding hydrogens is 252 g/mol. The smallest absolute Gasteiger partial charge is 0.258 e. The van der Waals surface area contributed by atoms with E-state index in [1.54, 1.807) is 7.11 Å². The SMILES string of the molecule is COc1ccc2c(=O)n(CC3CCNCC3)ccc2c1. The Morgan fingerprint density at radius 1 is 1.30 bits per heavy atom. The van der Waals surface area contributed by atoms with Crippen molar-refractivity contribution in [2.24, 2.45) is 5.92 Å². The van der Waals surface area contributed by atoms with Crippen molar-refractivity contribution in [3.8, 4) is 5.75 Å². The van der Waals surface area contributed by atoms with Gasteiger partial charge in [0.05, 0.1) is 7.11 Å². The molecule has 20 heavy (non-hydrogen) atoms. The fourth-order valence-electron chi connectivity index (χ4n) is 2.88. The standard InChI is InChI=1S/C16H20N2O2/c1-20-14-2-3-15-13(10-14)6-9-18(16(15)19)11-12-4-7-17-8-5-12/h2-3,6,9-10,12,17H,4-5,7-8,11H2,1H3. The molecule has 0 unspecified atom stereocenters. The van der Waals surface area contributed by atoms with Gasteiger partial charge in [-0.15, -0.1) is 0 Å². The van der Waals surface area contributed by atoms with Crippen LogP contribution in [0.15, 0.2) is 35.3 Å². The first-order chi connectivity index (χ1) is 9.78. The number of fused-ring (bicyclic) bond motifs is 1. The number of methoxy groups -OCH3 is 1. The van der Waals surface area contributed by atoms with Crippen LogP contribution < -0.4 is 15.6 Å². The molecule has 1 aromatic heterocycles. The van der Waals surface area contributed by atoms with E-state index in [-0.39, 0.29) is 5.56 Å². The Morgan fingerprint density at radius 3 is 2.85 bits per heavy atom. The zero-order valence-electron chi connectivity index (χ0n) is 11.8. The average Bonchev–Trinajstić information content (AvgIpc) is 2.51. The van der Waals surface area contributed by atoms with Gasteiger partial charge in [0.2, 0.25) is 0 Å². The summed E-state index contributed by atoms with van der Waals surface area (Å²) in [6, 6.07) is 7.61. The number of hydrogen-bond acceptors (Lipinski definition) is 3. The average molecular weight is 272 g/mol. The summed E-state index contributed by atoms with van der Waals surface area (Å²) in [4.78, 5) is 12.5. The van der Waals surface area contributed by atoms with Crippen molar-refractivity contribution in [1.29, 1.82) is 0 Å². The van der Waals surface area contributed by atoms with Gasteiger partial charge in [0.1, 0.15) is 5.75 Å². The van der Waals surface area contributed by atoms with Gasteiger partial charge in [-0.2, -0.15) is 0 Å². The number of nitrogens with one attached hydrogen (secondary N) is 1. The van der Waals surface area contributed by atoms with Crippen LogP contribution in [0.4, 0.5) is 0 Å². The van der Waals surface area contributed by atoms with Crippen LogP contribution >= 0.6 is 0 Å². The van der Waals surface area contributed by atoms with Crippen molar-refractivity contribution in [3.05, 3.63) is 40.8 Å².